The number of halogens is 3. The zero-order valence-electron chi connectivity index (χ0n) is 14.2. The number of hydrogen-bond donors (Lipinski definition) is 1. The Morgan fingerprint density at radius 1 is 1.28 bits per heavy atom. The first-order chi connectivity index (χ1) is 11.9. The number of ether oxygens (including phenoxy) is 1. The first-order valence-electron chi connectivity index (χ1n) is 8.78. The Hall–Kier alpha value is -1.92. The van der Waals surface area contributed by atoms with Crippen LogP contribution < -0.4 is 10.1 Å². The van der Waals surface area contributed by atoms with Gasteiger partial charge in [0.1, 0.15) is 5.75 Å². The van der Waals surface area contributed by atoms with Crippen LogP contribution in [0.15, 0.2) is 18.2 Å². The van der Waals surface area contributed by atoms with E-state index in [1.54, 1.807) is 12.1 Å². The van der Waals surface area contributed by atoms with E-state index in [4.69, 9.17) is 0 Å². The smallest absolute Gasteiger partial charge is 0.406 e. The number of fused-ring (bicyclic) bond motifs is 1. The molecule has 4 nitrogen and oxygen atoms in total. The number of carbonyl (C=O) groups excluding carboxylic acids is 1. The van der Waals surface area contributed by atoms with Crippen LogP contribution in [0.4, 0.5) is 18.0 Å². The lowest BCUT2D eigenvalue weighted by molar-refractivity contribution is -0.274. The summed E-state index contributed by atoms with van der Waals surface area (Å²) < 4.78 is 41.5. The molecule has 7 heteroatoms. The van der Waals surface area contributed by atoms with E-state index in [1.165, 1.54) is 6.07 Å². The van der Waals surface area contributed by atoms with Gasteiger partial charge in [-0.25, -0.2) is 4.79 Å². The van der Waals surface area contributed by atoms with Crippen LogP contribution in [0.2, 0.25) is 0 Å². The molecule has 2 amide bonds. The third-order valence-electron chi connectivity index (χ3n) is 5.20. The molecule has 1 saturated heterocycles. The van der Waals surface area contributed by atoms with E-state index in [-0.39, 0.29) is 17.7 Å². The highest BCUT2D eigenvalue weighted by atomic mass is 19.4. The molecule has 1 heterocycles. The van der Waals surface area contributed by atoms with Crippen molar-refractivity contribution in [2.45, 2.75) is 44.9 Å². The van der Waals surface area contributed by atoms with Crippen LogP contribution in [0.1, 0.15) is 43.2 Å². The Morgan fingerprint density at radius 2 is 2.00 bits per heavy atom. The Labute approximate surface area is 145 Å². The molecule has 25 heavy (non-hydrogen) atoms. The molecular weight excluding hydrogens is 333 g/mol. The van der Waals surface area contributed by atoms with Crippen LogP contribution in [-0.4, -0.2) is 36.9 Å². The van der Waals surface area contributed by atoms with Gasteiger partial charge in [-0.2, -0.15) is 0 Å². The summed E-state index contributed by atoms with van der Waals surface area (Å²) in [5.74, 6) is 0.508. The average Bonchev–Trinajstić information content (AvgIpc) is 2.97. The molecule has 3 rings (SSSR count). The number of alkyl halides is 3. The Kier molecular flexibility index (Phi) is 5.11. The van der Waals surface area contributed by atoms with Crippen molar-refractivity contribution in [2.75, 3.05) is 19.6 Å². The quantitative estimate of drug-likeness (QED) is 0.887. The second-order valence-corrected chi connectivity index (χ2v) is 6.71. The third-order valence-corrected chi connectivity index (χ3v) is 5.20. The predicted octanol–water partition coefficient (Wildman–Crippen LogP) is 4.06. The van der Waals surface area contributed by atoms with Crippen LogP contribution in [0.3, 0.4) is 0 Å². The Morgan fingerprint density at radius 3 is 2.64 bits per heavy atom. The molecule has 2 aliphatic rings. The summed E-state index contributed by atoms with van der Waals surface area (Å²) in [4.78, 5) is 13.7. The third kappa shape index (κ3) is 4.19. The van der Waals surface area contributed by atoms with Gasteiger partial charge < -0.3 is 15.0 Å². The zero-order chi connectivity index (χ0) is 18.0. The second-order valence-electron chi connectivity index (χ2n) is 6.71. The van der Waals surface area contributed by atoms with Crippen LogP contribution in [0.5, 0.6) is 5.75 Å². The van der Waals surface area contributed by atoms with Gasteiger partial charge in [-0.15, -0.1) is 13.2 Å². The number of urea groups is 1. The number of benzene rings is 1. The fourth-order valence-corrected chi connectivity index (χ4v) is 4.07. The molecule has 1 aliphatic carbocycles. The van der Waals surface area contributed by atoms with Crippen LogP contribution in [-0.2, 0) is 6.42 Å². The number of rotatable bonds is 3. The minimum absolute atomic E-state index is 0.0337. The van der Waals surface area contributed by atoms with Gasteiger partial charge in [0.15, 0.2) is 0 Å². The highest BCUT2D eigenvalue weighted by Gasteiger charge is 2.35. The molecule has 0 spiro atoms. The van der Waals surface area contributed by atoms with Crippen molar-refractivity contribution in [2.24, 2.45) is 5.92 Å². The number of amides is 2. The average molecular weight is 356 g/mol. The lowest BCUT2D eigenvalue weighted by Crippen LogP contribution is -2.45. The summed E-state index contributed by atoms with van der Waals surface area (Å²) in [6.07, 6.45) is -1.06. The van der Waals surface area contributed by atoms with Crippen molar-refractivity contribution in [3.63, 3.8) is 0 Å². The lowest BCUT2D eigenvalue weighted by atomic mass is 9.81. The van der Waals surface area contributed by atoms with Crippen LogP contribution >= 0.6 is 0 Å². The van der Waals surface area contributed by atoms with Gasteiger partial charge in [-0.1, -0.05) is 6.07 Å². The molecular formula is C18H23F3N2O2. The first kappa shape index (κ1) is 17.9. The van der Waals surface area contributed by atoms with Crippen molar-refractivity contribution in [3.8, 4) is 5.75 Å². The number of carbonyl (C=O) groups is 1. The lowest BCUT2D eigenvalue weighted by Gasteiger charge is -2.35. The van der Waals surface area contributed by atoms with Gasteiger partial charge in [0.05, 0.1) is 0 Å². The first-order valence-corrected chi connectivity index (χ1v) is 8.78. The SMILES string of the molecule is CCNC(=O)N1CCC(C2CCc3ccc(OC(F)(F)F)cc32)CC1. The summed E-state index contributed by atoms with van der Waals surface area (Å²) in [6, 6.07) is 4.66. The Bertz CT molecular complexity index is 625. The van der Waals surface area contributed by atoms with Gasteiger partial charge in [-0.05, 0) is 67.7 Å². The highest BCUT2D eigenvalue weighted by molar-refractivity contribution is 5.74. The molecule has 1 N–H and O–H groups in total. The van der Waals surface area contributed by atoms with E-state index in [0.717, 1.165) is 36.8 Å². The van der Waals surface area contributed by atoms with Gasteiger partial charge in [0.2, 0.25) is 0 Å². The van der Waals surface area contributed by atoms with Crippen molar-refractivity contribution < 1.29 is 22.7 Å². The second kappa shape index (κ2) is 7.14. The minimum atomic E-state index is -4.67. The van der Waals surface area contributed by atoms with E-state index in [1.807, 2.05) is 11.8 Å². The number of likely N-dealkylation sites (tertiary alicyclic amines) is 1. The van der Waals surface area contributed by atoms with Gasteiger partial charge in [0.25, 0.3) is 0 Å². The van der Waals surface area contributed by atoms with Crippen molar-refractivity contribution in [1.82, 2.24) is 10.2 Å². The molecule has 0 radical (unpaired) electrons. The van der Waals surface area contributed by atoms with Crippen LogP contribution in [0.25, 0.3) is 0 Å². The fraction of sp³-hybridized carbons (Fsp3) is 0.611. The molecule has 1 fully saturated rings. The van der Waals surface area contributed by atoms with E-state index in [9.17, 15) is 18.0 Å². The van der Waals surface area contributed by atoms with E-state index < -0.39 is 6.36 Å². The van der Waals surface area contributed by atoms with Crippen LogP contribution in [0, 0.1) is 5.92 Å². The standard InChI is InChI=1S/C18H23F3N2O2/c1-2-22-17(24)23-9-7-13(8-10-23)15-6-4-12-3-5-14(11-16(12)15)25-18(19,20)21/h3,5,11,13,15H,2,4,6-10H2,1H3,(H,22,24). The van der Waals surface area contributed by atoms with Crippen molar-refractivity contribution in [1.29, 1.82) is 0 Å². The van der Waals surface area contributed by atoms with Gasteiger partial charge in [0, 0.05) is 19.6 Å². The van der Waals surface area contributed by atoms with E-state index in [0.29, 0.717) is 25.6 Å². The van der Waals surface area contributed by atoms with Crippen molar-refractivity contribution in [3.05, 3.63) is 29.3 Å². The zero-order valence-corrected chi connectivity index (χ0v) is 14.2. The summed E-state index contributed by atoms with van der Waals surface area (Å²) in [6.45, 7) is 3.89. The summed E-state index contributed by atoms with van der Waals surface area (Å²) in [5.41, 5.74) is 2.10. The summed E-state index contributed by atoms with van der Waals surface area (Å²) in [7, 11) is 0. The predicted molar refractivity (Wildman–Crippen MR) is 87.6 cm³/mol. The molecule has 1 aliphatic heterocycles. The molecule has 1 atom stereocenters. The largest absolute Gasteiger partial charge is 0.573 e. The van der Waals surface area contributed by atoms with E-state index >= 15 is 0 Å². The fourth-order valence-electron chi connectivity index (χ4n) is 4.07. The highest BCUT2D eigenvalue weighted by Crippen LogP contribution is 2.44. The maximum absolute atomic E-state index is 12.5. The minimum Gasteiger partial charge on any atom is -0.406 e. The van der Waals surface area contributed by atoms with Gasteiger partial charge in [-0.3, -0.25) is 0 Å². The molecule has 138 valence electrons. The number of hydrogen-bond acceptors (Lipinski definition) is 2. The summed E-state index contributed by atoms with van der Waals surface area (Å²) in [5, 5.41) is 2.81. The number of piperidine rings is 1. The number of nitrogens with one attached hydrogen (secondary N) is 1. The molecule has 0 aromatic heterocycles. The maximum Gasteiger partial charge on any atom is 0.573 e. The number of nitrogens with zero attached hydrogens (tertiary/aromatic N) is 1. The topological polar surface area (TPSA) is 41.6 Å². The monoisotopic (exact) mass is 356 g/mol. The van der Waals surface area contributed by atoms with Crippen molar-refractivity contribution >= 4 is 6.03 Å². The molecule has 1 aromatic carbocycles. The number of aryl methyl sites for hydroxylation is 1. The molecule has 0 bridgehead atoms. The maximum atomic E-state index is 12.5. The molecule has 0 saturated carbocycles. The Balaban J connectivity index is 1.67. The van der Waals surface area contributed by atoms with E-state index in [2.05, 4.69) is 10.1 Å². The molecule has 1 unspecified atom stereocenters. The normalized spacial score (nSPS) is 21.1. The van der Waals surface area contributed by atoms with Gasteiger partial charge >= 0.3 is 12.4 Å². The summed E-state index contributed by atoms with van der Waals surface area (Å²) >= 11 is 0. The molecule has 1 aromatic rings.